The van der Waals surface area contributed by atoms with Gasteiger partial charge in [0.15, 0.2) is 0 Å². The van der Waals surface area contributed by atoms with Crippen molar-refractivity contribution in [1.29, 1.82) is 0 Å². The summed E-state index contributed by atoms with van der Waals surface area (Å²) in [5.74, 6) is 0.568. The highest BCUT2D eigenvalue weighted by Crippen LogP contribution is 2.32. The zero-order valence-corrected chi connectivity index (χ0v) is 13.3. The second-order valence-electron chi connectivity index (χ2n) is 4.62. The van der Waals surface area contributed by atoms with E-state index in [4.69, 9.17) is 4.74 Å². The molecule has 0 aromatic heterocycles. The quantitative estimate of drug-likeness (QED) is 0.902. The Labute approximate surface area is 127 Å². The summed E-state index contributed by atoms with van der Waals surface area (Å²) in [6.07, 6.45) is 0. The first-order chi connectivity index (χ1) is 9.56. The number of ether oxygens (including phenoxy) is 1. The van der Waals surface area contributed by atoms with Crippen LogP contribution in [0.2, 0.25) is 0 Å². The normalized spacial score (nSPS) is 12.2. The van der Waals surface area contributed by atoms with Gasteiger partial charge in [-0.1, -0.05) is 34.1 Å². The standard InChI is InChI=1S/C16H17BrFNO/c1-10-4-5-11(8-14(10)18)16(19-2)13-7-6-12(17)9-15(13)20-3/h4-9,16,19H,1-3H3. The number of methoxy groups -OCH3 is 1. The van der Waals surface area contributed by atoms with E-state index >= 15 is 0 Å². The fourth-order valence-electron chi connectivity index (χ4n) is 2.21. The van der Waals surface area contributed by atoms with Crippen molar-refractivity contribution >= 4 is 15.9 Å². The van der Waals surface area contributed by atoms with Crippen LogP contribution in [0.15, 0.2) is 40.9 Å². The van der Waals surface area contributed by atoms with E-state index in [1.54, 1.807) is 26.2 Å². The Morgan fingerprint density at radius 3 is 2.55 bits per heavy atom. The maximum Gasteiger partial charge on any atom is 0.126 e. The summed E-state index contributed by atoms with van der Waals surface area (Å²) >= 11 is 3.43. The molecule has 2 rings (SSSR count). The van der Waals surface area contributed by atoms with E-state index < -0.39 is 0 Å². The van der Waals surface area contributed by atoms with Crippen LogP contribution in [0.1, 0.15) is 22.7 Å². The van der Waals surface area contributed by atoms with Crippen molar-refractivity contribution in [3.63, 3.8) is 0 Å². The molecule has 2 aromatic rings. The highest BCUT2D eigenvalue weighted by Gasteiger charge is 2.17. The molecule has 0 heterocycles. The van der Waals surface area contributed by atoms with Gasteiger partial charge in [0.1, 0.15) is 11.6 Å². The van der Waals surface area contributed by atoms with Gasteiger partial charge in [-0.15, -0.1) is 0 Å². The SMILES string of the molecule is CNC(c1ccc(C)c(F)c1)c1ccc(Br)cc1OC. The van der Waals surface area contributed by atoms with E-state index in [2.05, 4.69) is 21.2 Å². The van der Waals surface area contributed by atoms with E-state index in [1.807, 2.05) is 31.3 Å². The summed E-state index contributed by atoms with van der Waals surface area (Å²) in [7, 11) is 3.48. The number of benzene rings is 2. The molecule has 0 saturated heterocycles. The van der Waals surface area contributed by atoms with E-state index in [9.17, 15) is 4.39 Å². The summed E-state index contributed by atoms with van der Waals surface area (Å²) in [6.45, 7) is 1.76. The first-order valence-corrected chi connectivity index (χ1v) is 7.13. The van der Waals surface area contributed by atoms with Crippen molar-refractivity contribution in [2.75, 3.05) is 14.2 Å². The van der Waals surface area contributed by atoms with Crippen LogP contribution in [0.4, 0.5) is 4.39 Å². The molecule has 0 aliphatic heterocycles. The van der Waals surface area contributed by atoms with Gasteiger partial charge in [0, 0.05) is 10.0 Å². The zero-order chi connectivity index (χ0) is 14.7. The second kappa shape index (κ2) is 6.37. The average Bonchev–Trinajstić information content (AvgIpc) is 2.44. The number of halogens is 2. The average molecular weight is 338 g/mol. The molecule has 20 heavy (non-hydrogen) atoms. The summed E-state index contributed by atoms with van der Waals surface area (Å²) in [5, 5.41) is 3.21. The lowest BCUT2D eigenvalue weighted by atomic mass is 9.97. The molecule has 0 bridgehead atoms. The van der Waals surface area contributed by atoms with Crippen molar-refractivity contribution in [3.8, 4) is 5.75 Å². The molecule has 1 unspecified atom stereocenters. The first-order valence-electron chi connectivity index (χ1n) is 6.33. The van der Waals surface area contributed by atoms with Gasteiger partial charge in [0.2, 0.25) is 0 Å². The third-order valence-electron chi connectivity index (χ3n) is 3.32. The fourth-order valence-corrected chi connectivity index (χ4v) is 2.55. The first kappa shape index (κ1) is 15.0. The van der Waals surface area contributed by atoms with Crippen LogP contribution in [-0.4, -0.2) is 14.2 Å². The van der Waals surface area contributed by atoms with Gasteiger partial charge < -0.3 is 10.1 Å². The minimum absolute atomic E-state index is 0.117. The third-order valence-corrected chi connectivity index (χ3v) is 3.82. The number of rotatable bonds is 4. The van der Waals surface area contributed by atoms with E-state index in [-0.39, 0.29) is 11.9 Å². The number of nitrogens with one attached hydrogen (secondary N) is 1. The Kier molecular flexibility index (Phi) is 4.78. The van der Waals surface area contributed by atoms with Crippen LogP contribution in [0.3, 0.4) is 0 Å². The van der Waals surface area contributed by atoms with Gasteiger partial charge >= 0.3 is 0 Å². The molecule has 0 spiro atoms. The summed E-state index contributed by atoms with van der Waals surface area (Å²) in [6, 6.07) is 11.0. The molecular weight excluding hydrogens is 321 g/mol. The largest absolute Gasteiger partial charge is 0.496 e. The van der Waals surface area contributed by atoms with Crippen LogP contribution in [-0.2, 0) is 0 Å². The van der Waals surface area contributed by atoms with E-state index in [0.717, 1.165) is 21.3 Å². The molecule has 0 saturated carbocycles. The number of aryl methyl sites for hydroxylation is 1. The molecule has 0 radical (unpaired) electrons. The molecule has 1 atom stereocenters. The van der Waals surface area contributed by atoms with Crippen molar-refractivity contribution < 1.29 is 9.13 Å². The van der Waals surface area contributed by atoms with Crippen molar-refractivity contribution in [1.82, 2.24) is 5.32 Å². The summed E-state index contributed by atoms with van der Waals surface area (Å²) in [4.78, 5) is 0. The van der Waals surface area contributed by atoms with Crippen molar-refractivity contribution in [2.45, 2.75) is 13.0 Å². The smallest absolute Gasteiger partial charge is 0.126 e. The third kappa shape index (κ3) is 3.02. The highest BCUT2D eigenvalue weighted by molar-refractivity contribution is 9.10. The minimum atomic E-state index is -0.196. The highest BCUT2D eigenvalue weighted by atomic mass is 79.9. The van der Waals surface area contributed by atoms with Gasteiger partial charge in [0.05, 0.1) is 13.2 Å². The molecule has 4 heteroatoms. The summed E-state index contributed by atoms with van der Waals surface area (Å²) in [5.41, 5.74) is 2.49. The zero-order valence-electron chi connectivity index (χ0n) is 11.7. The predicted octanol–water partition coefficient (Wildman–Crippen LogP) is 4.21. The maximum absolute atomic E-state index is 13.8. The van der Waals surface area contributed by atoms with Crippen LogP contribution < -0.4 is 10.1 Å². The molecule has 0 amide bonds. The van der Waals surface area contributed by atoms with Crippen LogP contribution >= 0.6 is 15.9 Å². The van der Waals surface area contributed by atoms with Gasteiger partial charge in [-0.25, -0.2) is 4.39 Å². The van der Waals surface area contributed by atoms with Crippen LogP contribution in [0.5, 0.6) is 5.75 Å². The van der Waals surface area contributed by atoms with Gasteiger partial charge in [0.25, 0.3) is 0 Å². The van der Waals surface area contributed by atoms with Gasteiger partial charge in [-0.05, 0) is 43.3 Å². The fraction of sp³-hybridized carbons (Fsp3) is 0.250. The number of hydrogen-bond acceptors (Lipinski definition) is 2. The Hall–Kier alpha value is -1.39. The number of hydrogen-bond donors (Lipinski definition) is 1. The topological polar surface area (TPSA) is 21.3 Å². The molecule has 0 aliphatic carbocycles. The lowest BCUT2D eigenvalue weighted by Gasteiger charge is -2.20. The van der Waals surface area contributed by atoms with Crippen LogP contribution in [0, 0.1) is 12.7 Å². The van der Waals surface area contributed by atoms with Gasteiger partial charge in [-0.2, -0.15) is 0 Å². The second-order valence-corrected chi connectivity index (χ2v) is 5.53. The van der Waals surface area contributed by atoms with Crippen molar-refractivity contribution in [3.05, 3.63) is 63.4 Å². The Bertz CT molecular complexity index is 615. The predicted molar refractivity (Wildman–Crippen MR) is 82.7 cm³/mol. The molecule has 0 aliphatic rings. The maximum atomic E-state index is 13.8. The van der Waals surface area contributed by atoms with Gasteiger partial charge in [-0.3, -0.25) is 0 Å². The molecule has 2 aromatic carbocycles. The lowest BCUT2D eigenvalue weighted by molar-refractivity contribution is 0.405. The monoisotopic (exact) mass is 337 g/mol. The minimum Gasteiger partial charge on any atom is -0.496 e. The molecule has 1 N–H and O–H groups in total. The molecule has 2 nitrogen and oxygen atoms in total. The summed E-state index contributed by atoms with van der Waals surface area (Å²) < 4.78 is 20.1. The van der Waals surface area contributed by atoms with Crippen LogP contribution in [0.25, 0.3) is 0 Å². The van der Waals surface area contributed by atoms with Crippen molar-refractivity contribution in [2.24, 2.45) is 0 Å². The Balaban J connectivity index is 2.49. The molecular formula is C16H17BrFNO. The Morgan fingerprint density at radius 1 is 1.20 bits per heavy atom. The Morgan fingerprint density at radius 2 is 1.95 bits per heavy atom. The van der Waals surface area contributed by atoms with E-state index in [0.29, 0.717) is 5.56 Å². The molecule has 0 fully saturated rings. The molecule has 106 valence electrons. The van der Waals surface area contributed by atoms with E-state index in [1.165, 1.54) is 0 Å². The lowest BCUT2D eigenvalue weighted by Crippen LogP contribution is -2.18.